The number of carbonyl (C=O) groups is 2. The molecule has 11 heteroatoms. The molecule has 0 fully saturated rings. The molecule has 0 unspecified atom stereocenters. The molecular weight excluding hydrogens is 365 g/mol. The first-order chi connectivity index (χ1) is 11.5. The van der Waals surface area contributed by atoms with E-state index in [0.29, 0.717) is 5.56 Å². The molecular formula is C14H17F3N2O5S. The Morgan fingerprint density at radius 2 is 1.88 bits per heavy atom. The van der Waals surface area contributed by atoms with Gasteiger partial charge < -0.3 is 10.1 Å². The maximum Gasteiger partial charge on any atom is 0.405 e. The summed E-state index contributed by atoms with van der Waals surface area (Å²) in [7, 11) is -3.80. The molecule has 0 atom stereocenters. The van der Waals surface area contributed by atoms with Crippen LogP contribution in [0, 0.1) is 6.92 Å². The van der Waals surface area contributed by atoms with Crippen LogP contribution in [0.1, 0.15) is 22.8 Å². The number of ether oxygens (including phenoxy) is 1. The number of benzene rings is 1. The number of halogens is 3. The topological polar surface area (TPSA) is 102 Å². The van der Waals surface area contributed by atoms with Crippen molar-refractivity contribution < 1.29 is 35.9 Å². The molecule has 140 valence electrons. The quantitative estimate of drug-likeness (QED) is 0.689. The maximum atomic E-state index is 12.0. The van der Waals surface area contributed by atoms with Gasteiger partial charge in [-0.3, -0.25) is 4.79 Å². The highest BCUT2D eigenvalue weighted by molar-refractivity contribution is 7.89. The number of aryl methyl sites for hydroxylation is 1. The van der Waals surface area contributed by atoms with Gasteiger partial charge in [-0.25, -0.2) is 17.9 Å². The lowest BCUT2D eigenvalue weighted by molar-refractivity contribution is -0.140. The van der Waals surface area contributed by atoms with Crippen LogP contribution in [0.15, 0.2) is 23.1 Å². The molecule has 0 saturated heterocycles. The number of rotatable bonds is 7. The van der Waals surface area contributed by atoms with Crippen molar-refractivity contribution in [1.82, 2.24) is 10.0 Å². The summed E-state index contributed by atoms with van der Waals surface area (Å²) in [5.74, 6) is -2.15. The molecule has 25 heavy (non-hydrogen) atoms. The van der Waals surface area contributed by atoms with Crippen LogP contribution in [-0.2, 0) is 19.6 Å². The van der Waals surface area contributed by atoms with Gasteiger partial charge in [-0.2, -0.15) is 13.2 Å². The van der Waals surface area contributed by atoms with E-state index < -0.39 is 41.2 Å². The van der Waals surface area contributed by atoms with E-state index in [-0.39, 0.29) is 17.0 Å². The fourth-order valence-corrected chi connectivity index (χ4v) is 2.79. The van der Waals surface area contributed by atoms with Crippen LogP contribution in [-0.4, -0.2) is 46.2 Å². The summed E-state index contributed by atoms with van der Waals surface area (Å²) in [6, 6.07) is 3.74. The Hall–Kier alpha value is -2.14. The lowest BCUT2D eigenvalue weighted by atomic mass is 10.1. The number of amides is 1. The van der Waals surface area contributed by atoms with E-state index in [0.717, 1.165) is 6.07 Å². The number of nitrogens with one attached hydrogen (secondary N) is 2. The summed E-state index contributed by atoms with van der Waals surface area (Å²) in [4.78, 5) is 23.0. The number of carbonyl (C=O) groups excluding carboxylic acids is 2. The maximum absolute atomic E-state index is 12.0. The Balaban J connectivity index is 2.80. The van der Waals surface area contributed by atoms with Gasteiger partial charge in [-0.15, -0.1) is 0 Å². The second-order valence-electron chi connectivity index (χ2n) is 4.95. The van der Waals surface area contributed by atoms with E-state index in [2.05, 4.69) is 9.46 Å². The van der Waals surface area contributed by atoms with Crippen molar-refractivity contribution in [2.75, 3.05) is 19.7 Å². The van der Waals surface area contributed by atoms with Crippen LogP contribution >= 0.6 is 0 Å². The van der Waals surface area contributed by atoms with E-state index in [1.54, 1.807) is 12.2 Å². The lowest BCUT2D eigenvalue weighted by Crippen LogP contribution is -2.36. The van der Waals surface area contributed by atoms with Crippen molar-refractivity contribution in [3.8, 4) is 0 Å². The Morgan fingerprint density at radius 3 is 2.44 bits per heavy atom. The molecule has 0 spiro atoms. The second kappa shape index (κ2) is 8.30. The van der Waals surface area contributed by atoms with E-state index in [9.17, 15) is 31.2 Å². The molecule has 0 bridgehead atoms. The van der Waals surface area contributed by atoms with E-state index in [1.165, 1.54) is 19.1 Å². The van der Waals surface area contributed by atoms with Crippen LogP contribution in [0.25, 0.3) is 0 Å². The summed E-state index contributed by atoms with van der Waals surface area (Å²) >= 11 is 0. The Kier molecular flexibility index (Phi) is 6.94. The minimum Gasteiger partial charge on any atom is -0.452 e. The highest BCUT2D eigenvalue weighted by Gasteiger charge is 2.28. The Labute approximate surface area is 142 Å². The van der Waals surface area contributed by atoms with Crippen molar-refractivity contribution in [1.29, 1.82) is 0 Å². The zero-order valence-electron chi connectivity index (χ0n) is 13.4. The monoisotopic (exact) mass is 382 g/mol. The predicted molar refractivity (Wildman–Crippen MR) is 81.4 cm³/mol. The fraction of sp³-hybridized carbons (Fsp3) is 0.429. The van der Waals surface area contributed by atoms with E-state index in [1.807, 2.05) is 0 Å². The molecule has 1 aromatic carbocycles. The first kappa shape index (κ1) is 20.9. The molecule has 2 N–H and O–H groups in total. The fourth-order valence-electron chi connectivity index (χ4n) is 1.72. The normalized spacial score (nSPS) is 11.9. The molecule has 0 aliphatic heterocycles. The number of alkyl halides is 3. The van der Waals surface area contributed by atoms with E-state index in [4.69, 9.17) is 0 Å². The van der Waals surface area contributed by atoms with Crippen molar-refractivity contribution in [3.05, 3.63) is 29.3 Å². The van der Waals surface area contributed by atoms with E-state index >= 15 is 0 Å². The minimum absolute atomic E-state index is 0.109. The number of sulfonamides is 1. The molecule has 1 rings (SSSR count). The summed E-state index contributed by atoms with van der Waals surface area (Å²) in [5.41, 5.74) is 0.277. The van der Waals surface area contributed by atoms with Gasteiger partial charge in [0, 0.05) is 6.54 Å². The molecule has 1 amide bonds. The third-order valence-corrected chi connectivity index (χ3v) is 4.44. The van der Waals surface area contributed by atoms with Gasteiger partial charge >= 0.3 is 12.1 Å². The first-order valence-electron chi connectivity index (χ1n) is 7.07. The van der Waals surface area contributed by atoms with Gasteiger partial charge in [0.1, 0.15) is 6.54 Å². The van der Waals surface area contributed by atoms with Crippen molar-refractivity contribution >= 4 is 21.9 Å². The molecule has 7 nitrogen and oxygen atoms in total. The molecule has 0 aromatic heterocycles. The zero-order chi connectivity index (χ0) is 19.3. The third kappa shape index (κ3) is 6.70. The number of hydrogen-bond donors (Lipinski definition) is 2. The SMILES string of the molecule is CCNS(=O)(=O)c1ccc(C)c(C(=O)OCC(=O)NCC(F)(F)F)c1. The average molecular weight is 382 g/mol. The summed E-state index contributed by atoms with van der Waals surface area (Å²) in [5, 5.41) is 1.55. The molecule has 1 aromatic rings. The van der Waals surface area contributed by atoms with Crippen LogP contribution in [0.4, 0.5) is 13.2 Å². The molecule has 0 aliphatic rings. The van der Waals surface area contributed by atoms with Gasteiger partial charge in [-0.05, 0) is 24.6 Å². The van der Waals surface area contributed by atoms with Crippen LogP contribution < -0.4 is 10.0 Å². The predicted octanol–water partition coefficient (Wildman–Crippen LogP) is 1.13. The lowest BCUT2D eigenvalue weighted by Gasteiger charge is -2.11. The molecule has 0 aliphatic carbocycles. The minimum atomic E-state index is -4.58. The zero-order valence-corrected chi connectivity index (χ0v) is 14.3. The third-order valence-electron chi connectivity index (χ3n) is 2.89. The van der Waals surface area contributed by atoms with Crippen LogP contribution in [0.5, 0.6) is 0 Å². The number of esters is 1. The number of hydrogen-bond acceptors (Lipinski definition) is 5. The first-order valence-corrected chi connectivity index (χ1v) is 8.55. The van der Waals surface area contributed by atoms with Gasteiger partial charge in [0.25, 0.3) is 5.91 Å². The Morgan fingerprint density at radius 1 is 1.24 bits per heavy atom. The average Bonchev–Trinajstić information content (AvgIpc) is 2.50. The largest absolute Gasteiger partial charge is 0.452 e. The highest BCUT2D eigenvalue weighted by atomic mass is 32.2. The van der Waals surface area contributed by atoms with Crippen molar-refractivity contribution in [3.63, 3.8) is 0 Å². The van der Waals surface area contributed by atoms with Crippen molar-refractivity contribution in [2.24, 2.45) is 0 Å². The molecule has 0 radical (unpaired) electrons. The van der Waals surface area contributed by atoms with Gasteiger partial charge in [0.15, 0.2) is 6.61 Å². The Bertz CT molecular complexity index is 747. The summed E-state index contributed by atoms with van der Waals surface area (Å²) < 4.78 is 66.6. The second-order valence-corrected chi connectivity index (χ2v) is 6.71. The van der Waals surface area contributed by atoms with Gasteiger partial charge in [0.2, 0.25) is 10.0 Å². The van der Waals surface area contributed by atoms with Crippen LogP contribution in [0.2, 0.25) is 0 Å². The summed E-state index contributed by atoms with van der Waals surface area (Å²) in [6.45, 7) is 0.789. The summed E-state index contributed by atoms with van der Waals surface area (Å²) in [6.07, 6.45) is -4.58. The van der Waals surface area contributed by atoms with Crippen LogP contribution in [0.3, 0.4) is 0 Å². The van der Waals surface area contributed by atoms with Crippen molar-refractivity contribution in [2.45, 2.75) is 24.9 Å². The standard InChI is InChI=1S/C14H17F3N2O5S/c1-3-19-25(22,23)10-5-4-9(2)11(6-10)13(21)24-7-12(20)18-8-14(15,16)17/h4-6,19H,3,7-8H2,1-2H3,(H,18,20). The smallest absolute Gasteiger partial charge is 0.405 e. The molecule has 0 heterocycles. The van der Waals surface area contributed by atoms with Gasteiger partial charge in [0.05, 0.1) is 10.5 Å². The highest BCUT2D eigenvalue weighted by Crippen LogP contribution is 2.17. The molecule has 0 saturated carbocycles. The van der Waals surface area contributed by atoms with Gasteiger partial charge in [-0.1, -0.05) is 13.0 Å².